The minimum absolute atomic E-state index is 0.0644. The number of hydrogen-bond acceptors (Lipinski definition) is 6. The smallest absolute Gasteiger partial charge is 0.285 e. The van der Waals surface area contributed by atoms with Gasteiger partial charge in [0.15, 0.2) is 5.84 Å². The first kappa shape index (κ1) is 25.9. The molecule has 1 saturated carbocycles. The van der Waals surface area contributed by atoms with Crippen molar-refractivity contribution in [1.82, 2.24) is 10.3 Å². The van der Waals surface area contributed by atoms with E-state index in [-0.39, 0.29) is 35.6 Å². The number of amides is 1. The lowest BCUT2D eigenvalue weighted by Gasteiger charge is -2.24. The lowest BCUT2D eigenvalue weighted by molar-refractivity contribution is -0.122. The van der Waals surface area contributed by atoms with Crippen molar-refractivity contribution >= 4 is 28.0 Å². The molecule has 0 bridgehead atoms. The van der Waals surface area contributed by atoms with E-state index in [0.717, 1.165) is 49.8 Å². The number of carbonyl (C=O) groups excluding carboxylic acids is 1. The highest BCUT2D eigenvalue weighted by atomic mass is 32.2. The van der Waals surface area contributed by atoms with Crippen molar-refractivity contribution in [1.29, 1.82) is 0 Å². The first-order valence-corrected chi connectivity index (χ1v) is 14.2. The monoisotopic (exact) mass is 510 g/mol. The van der Waals surface area contributed by atoms with Gasteiger partial charge in [-0.15, -0.1) is 4.40 Å². The molecular weight excluding hydrogens is 476 g/mol. The second kappa shape index (κ2) is 12.2. The van der Waals surface area contributed by atoms with E-state index in [2.05, 4.69) is 21.7 Å². The Kier molecular flexibility index (Phi) is 8.74. The molecule has 1 amide bonds. The van der Waals surface area contributed by atoms with Crippen LogP contribution >= 0.6 is 0 Å². The van der Waals surface area contributed by atoms with Crippen LogP contribution in [0.25, 0.3) is 0 Å². The molecular formula is C27H34N4O4S. The largest absolute Gasteiger partial charge is 0.494 e. The third-order valence-corrected chi connectivity index (χ3v) is 7.70. The zero-order valence-electron chi connectivity index (χ0n) is 20.7. The van der Waals surface area contributed by atoms with Crippen LogP contribution in [0.5, 0.6) is 5.75 Å². The highest BCUT2D eigenvalue weighted by Gasteiger charge is 2.32. The Balaban J connectivity index is 1.50. The van der Waals surface area contributed by atoms with Crippen LogP contribution in [0.15, 0.2) is 62.9 Å². The number of ether oxygens (including phenoxy) is 1. The van der Waals surface area contributed by atoms with E-state index >= 15 is 0 Å². The average molecular weight is 511 g/mol. The minimum Gasteiger partial charge on any atom is -0.494 e. The molecule has 0 aromatic heterocycles. The number of sulfonamides is 1. The predicted octanol–water partition coefficient (Wildman–Crippen LogP) is 4.49. The van der Waals surface area contributed by atoms with Gasteiger partial charge < -0.3 is 10.1 Å². The minimum atomic E-state index is -3.81. The summed E-state index contributed by atoms with van der Waals surface area (Å²) in [7, 11) is -3.81. The van der Waals surface area contributed by atoms with Crippen LogP contribution in [-0.2, 0) is 14.8 Å². The number of benzene rings is 2. The lowest BCUT2D eigenvalue weighted by atomic mass is 9.95. The van der Waals surface area contributed by atoms with Crippen LogP contribution in [0.2, 0.25) is 0 Å². The molecule has 0 unspecified atom stereocenters. The molecule has 2 aliphatic rings. The Morgan fingerprint density at radius 1 is 1.14 bits per heavy atom. The zero-order valence-corrected chi connectivity index (χ0v) is 21.5. The van der Waals surface area contributed by atoms with E-state index < -0.39 is 10.0 Å². The summed E-state index contributed by atoms with van der Waals surface area (Å²) >= 11 is 0. The van der Waals surface area contributed by atoms with Crippen LogP contribution in [0.1, 0.15) is 69.4 Å². The number of hydrogen-bond donors (Lipinski definition) is 1. The third-order valence-electron chi connectivity index (χ3n) is 6.37. The normalized spacial score (nSPS) is 17.0. The molecule has 0 spiro atoms. The quantitative estimate of drug-likeness (QED) is 0.288. The van der Waals surface area contributed by atoms with Crippen molar-refractivity contribution in [2.45, 2.75) is 69.2 Å². The number of carbonyl (C=O) groups is 1. The molecule has 2 aromatic carbocycles. The fraction of sp³-hybridized carbons (Fsp3) is 0.444. The van der Waals surface area contributed by atoms with Gasteiger partial charge in [-0.2, -0.15) is 13.5 Å². The molecule has 1 aliphatic carbocycles. The summed E-state index contributed by atoms with van der Waals surface area (Å²) in [5, 5.41) is 9.18. The van der Waals surface area contributed by atoms with Crippen LogP contribution in [-0.4, -0.2) is 50.6 Å². The summed E-state index contributed by atoms with van der Waals surface area (Å²) in [4.78, 5) is 12.8. The van der Waals surface area contributed by atoms with Crippen LogP contribution < -0.4 is 10.1 Å². The molecule has 0 saturated heterocycles. The van der Waals surface area contributed by atoms with Gasteiger partial charge in [-0.25, -0.2) is 5.01 Å². The van der Waals surface area contributed by atoms with E-state index in [9.17, 15) is 13.2 Å². The molecule has 1 fully saturated rings. The molecule has 8 nitrogen and oxygen atoms in total. The average Bonchev–Trinajstić information content (AvgIpc) is 3.16. The Morgan fingerprint density at radius 3 is 2.64 bits per heavy atom. The van der Waals surface area contributed by atoms with Gasteiger partial charge in [-0.05, 0) is 61.2 Å². The van der Waals surface area contributed by atoms with Gasteiger partial charge in [-0.3, -0.25) is 4.79 Å². The van der Waals surface area contributed by atoms with E-state index in [1.807, 2.05) is 24.3 Å². The zero-order chi connectivity index (χ0) is 25.4. The third kappa shape index (κ3) is 6.72. The molecule has 1 heterocycles. The van der Waals surface area contributed by atoms with Crippen molar-refractivity contribution < 1.29 is 17.9 Å². The summed E-state index contributed by atoms with van der Waals surface area (Å²) in [5.41, 5.74) is 1.31. The molecule has 36 heavy (non-hydrogen) atoms. The molecule has 4 rings (SSSR count). The Labute approximate surface area is 213 Å². The second-order valence-corrected chi connectivity index (χ2v) is 10.7. The maximum Gasteiger partial charge on any atom is 0.285 e. The SMILES string of the molecule is CCCCOc1ccc(C=NN(CCC(=O)NC2CCCCC2)C2=NS(=O)(=O)c3ccccc32)cc1. The number of nitrogens with one attached hydrogen (secondary N) is 1. The molecule has 9 heteroatoms. The van der Waals surface area contributed by atoms with Gasteiger partial charge in [-0.1, -0.05) is 44.7 Å². The Bertz CT molecular complexity index is 1200. The van der Waals surface area contributed by atoms with Crippen molar-refractivity contribution in [3.05, 3.63) is 59.7 Å². The number of rotatable bonds is 10. The fourth-order valence-electron chi connectivity index (χ4n) is 4.37. The first-order chi connectivity index (χ1) is 17.5. The maximum absolute atomic E-state index is 12.7. The van der Waals surface area contributed by atoms with Gasteiger partial charge in [0.25, 0.3) is 10.0 Å². The number of hydrazone groups is 1. The molecule has 0 atom stereocenters. The highest BCUT2D eigenvalue weighted by Crippen LogP contribution is 2.28. The van der Waals surface area contributed by atoms with Gasteiger partial charge in [0.1, 0.15) is 10.6 Å². The van der Waals surface area contributed by atoms with Crippen molar-refractivity contribution in [2.75, 3.05) is 13.2 Å². The maximum atomic E-state index is 12.7. The summed E-state index contributed by atoms with van der Waals surface area (Å²) in [6, 6.07) is 14.4. The van der Waals surface area contributed by atoms with E-state index in [0.29, 0.717) is 12.2 Å². The summed E-state index contributed by atoms with van der Waals surface area (Å²) < 4.78 is 35.0. The number of fused-ring (bicyclic) bond motifs is 1. The van der Waals surface area contributed by atoms with E-state index in [1.54, 1.807) is 24.4 Å². The number of nitrogens with zero attached hydrogens (tertiary/aromatic N) is 3. The Morgan fingerprint density at radius 2 is 1.89 bits per heavy atom. The van der Waals surface area contributed by atoms with Crippen molar-refractivity contribution in [3.8, 4) is 5.75 Å². The number of unbranched alkanes of at least 4 members (excludes halogenated alkanes) is 1. The fourth-order valence-corrected chi connectivity index (χ4v) is 5.57. The van der Waals surface area contributed by atoms with Crippen LogP contribution in [0, 0.1) is 0 Å². The predicted molar refractivity (Wildman–Crippen MR) is 141 cm³/mol. The molecule has 1 N–H and O–H groups in total. The van der Waals surface area contributed by atoms with Crippen LogP contribution in [0.4, 0.5) is 0 Å². The topological polar surface area (TPSA) is 100 Å². The summed E-state index contributed by atoms with van der Waals surface area (Å²) in [5.74, 6) is 0.953. The van der Waals surface area contributed by atoms with E-state index in [1.165, 1.54) is 17.5 Å². The van der Waals surface area contributed by atoms with Crippen LogP contribution in [0.3, 0.4) is 0 Å². The van der Waals surface area contributed by atoms with Gasteiger partial charge in [0.05, 0.1) is 19.4 Å². The molecule has 2 aromatic rings. The molecule has 0 radical (unpaired) electrons. The summed E-state index contributed by atoms with van der Waals surface area (Å²) in [6.45, 7) is 3.00. The standard InChI is InChI=1S/C27H34N4O4S/c1-2-3-19-35-23-15-13-21(14-16-23)20-28-31(18-17-26(32)29-22-9-5-4-6-10-22)27-24-11-7-8-12-25(24)36(33,34)30-27/h7-8,11-16,20,22H,2-6,9-10,17-19H2,1H3,(H,29,32). The number of amidine groups is 1. The van der Waals surface area contributed by atoms with Gasteiger partial charge >= 0.3 is 0 Å². The van der Waals surface area contributed by atoms with Crippen molar-refractivity contribution in [3.63, 3.8) is 0 Å². The molecule has 1 aliphatic heterocycles. The van der Waals surface area contributed by atoms with Gasteiger partial charge in [0.2, 0.25) is 5.91 Å². The Hall–Kier alpha value is -3.20. The molecule has 192 valence electrons. The summed E-state index contributed by atoms with van der Waals surface area (Å²) in [6.07, 6.45) is 9.39. The highest BCUT2D eigenvalue weighted by molar-refractivity contribution is 7.90. The lowest BCUT2D eigenvalue weighted by Crippen LogP contribution is -2.38. The first-order valence-electron chi connectivity index (χ1n) is 12.7. The van der Waals surface area contributed by atoms with Gasteiger partial charge in [0, 0.05) is 18.0 Å². The van der Waals surface area contributed by atoms with E-state index in [4.69, 9.17) is 4.74 Å². The second-order valence-electron chi connectivity index (χ2n) is 9.18. The van der Waals surface area contributed by atoms with Crippen molar-refractivity contribution in [2.24, 2.45) is 9.50 Å².